The number of nitrogens with zero attached hydrogens (tertiary/aromatic N) is 4. The summed E-state index contributed by atoms with van der Waals surface area (Å²) < 4.78 is 2.07. The SMILES string of the molecule is CCN(CC)C(C)CNC(=NC)NCCCn1nc(C)cc1C. The molecule has 0 saturated heterocycles. The molecule has 2 N–H and O–H groups in total. The molecule has 0 aromatic carbocycles. The van der Waals surface area contributed by atoms with Gasteiger partial charge in [0.15, 0.2) is 5.96 Å². The number of aryl methyl sites for hydroxylation is 3. The van der Waals surface area contributed by atoms with Gasteiger partial charge >= 0.3 is 0 Å². The molecule has 0 bridgehead atoms. The number of aliphatic imine (C=N–C) groups is 1. The van der Waals surface area contributed by atoms with E-state index in [9.17, 15) is 0 Å². The Kier molecular flexibility index (Phi) is 8.69. The lowest BCUT2D eigenvalue weighted by atomic mass is 10.3. The van der Waals surface area contributed by atoms with E-state index in [2.05, 4.69) is 64.1 Å². The first-order valence-electron chi connectivity index (χ1n) is 8.71. The molecule has 0 aliphatic heterocycles. The van der Waals surface area contributed by atoms with Crippen molar-refractivity contribution in [2.75, 3.05) is 33.2 Å². The van der Waals surface area contributed by atoms with Gasteiger partial charge in [-0.05, 0) is 46.3 Å². The Morgan fingerprint density at radius 1 is 1.30 bits per heavy atom. The summed E-state index contributed by atoms with van der Waals surface area (Å²) >= 11 is 0. The van der Waals surface area contributed by atoms with E-state index in [4.69, 9.17) is 0 Å². The zero-order chi connectivity index (χ0) is 17.2. The van der Waals surface area contributed by atoms with Gasteiger partial charge in [-0.15, -0.1) is 0 Å². The summed E-state index contributed by atoms with van der Waals surface area (Å²) in [5.74, 6) is 0.873. The molecule has 1 aromatic heterocycles. The molecule has 0 aliphatic rings. The summed E-state index contributed by atoms with van der Waals surface area (Å²) in [4.78, 5) is 6.72. The van der Waals surface area contributed by atoms with Gasteiger partial charge in [0.05, 0.1) is 5.69 Å². The van der Waals surface area contributed by atoms with E-state index in [1.54, 1.807) is 0 Å². The van der Waals surface area contributed by atoms with Gasteiger partial charge in [-0.2, -0.15) is 5.10 Å². The Morgan fingerprint density at radius 2 is 2.00 bits per heavy atom. The first-order chi connectivity index (χ1) is 11.0. The second kappa shape index (κ2) is 10.3. The fourth-order valence-corrected chi connectivity index (χ4v) is 2.78. The van der Waals surface area contributed by atoms with Gasteiger partial charge in [-0.1, -0.05) is 13.8 Å². The van der Waals surface area contributed by atoms with E-state index in [0.717, 1.165) is 50.8 Å². The molecule has 6 nitrogen and oxygen atoms in total. The standard InChI is InChI=1S/C17H34N6/c1-7-22(8-2)16(5)13-20-17(18-6)19-10-9-11-23-15(4)12-14(3)21-23/h12,16H,7-11,13H2,1-6H3,(H2,18,19,20). The van der Waals surface area contributed by atoms with E-state index < -0.39 is 0 Å². The first kappa shape index (κ1) is 19.5. The zero-order valence-electron chi connectivity index (χ0n) is 15.7. The highest BCUT2D eigenvalue weighted by molar-refractivity contribution is 5.79. The van der Waals surface area contributed by atoms with Gasteiger partial charge in [-0.25, -0.2) is 0 Å². The highest BCUT2D eigenvalue weighted by atomic mass is 15.3. The molecule has 0 radical (unpaired) electrons. The van der Waals surface area contributed by atoms with Gasteiger partial charge in [0.2, 0.25) is 0 Å². The lowest BCUT2D eigenvalue weighted by molar-refractivity contribution is 0.231. The predicted molar refractivity (Wildman–Crippen MR) is 98.1 cm³/mol. The number of likely N-dealkylation sites (N-methyl/N-ethyl adjacent to an activating group) is 1. The second-order valence-corrected chi connectivity index (χ2v) is 5.95. The molecule has 6 heteroatoms. The van der Waals surface area contributed by atoms with E-state index in [1.807, 2.05) is 14.0 Å². The van der Waals surface area contributed by atoms with Crippen LogP contribution in [0.5, 0.6) is 0 Å². The zero-order valence-corrected chi connectivity index (χ0v) is 15.7. The molecule has 0 amide bonds. The number of nitrogens with one attached hydrogen (secondary N) is 2. The smallest absolute Gasteiger partial charge is 0.191 e. The van der Waals surface area contributed by atoms with Crippen LogP contribution in [0.15, 0.2) is 11.1 Å². The van der Waals surface area contributed by atoms with Crippen LogP contribution in [-0.2, 0) is 6.54 Å². The Bertz CT molecular complexity index is 475. The van der Waals surface area contributed by atoms with Crippen LogP contribution in [0.3, 0.4) is 0 Å². The van der Waals surface area contributed by atoms with E-state index in [0.29, 0.717) is 6.04 Å². The summed E-state index contributed by atoms with van der Waals surface area (Å²) in [5.41, 5.74) is 2.30. The average molecular weight is 323 g/mol. The third kappa shape index (κ3) is 6.60. The summed E-state index contributed by atoms with van der Waals surface area (Å²) in [6, 6.07) is 2.61. The van der Waals surface area contributed by atoms with Crippen LogP contribution >= 0.6 is 0 Å². The second-order valence-electron chi connectivity index (χ2n) is 5.95. The van der Waals surface area contributed by atoms with Crippen LogP contribution in [0.25, 0.3) is 0 Å². The van der Waals surface area contributed by atoms with Gasteiger partial charge in [0, 0.05) is 38.4 Å². The number of guanidine groups is 1. The van der Waals surface area contributed by atoms with Crippen molar-refractivity contribution in [2.45, 2.75) is 53.6 Å². The largest absolute Gasteiger partial charge is 0.356 e. The van der Waals surface area contributed by atoms with Crippen LogP contribution in [-0.4, -0.2) is 59.9 Å². The molecule has 0 aliphatic carbocycles. The lowest BCUT2D eigenvalue weighted by Gasteiger charge is -2.27. The summed E-state index contributed by atoms with van der Waals surface area (Å²) in [5, 5.41) is 11.3. The maximum Gasteiger partial charge on any atom is 0.191 e. The van der Waals surface area contributed by atoms with Gasteiger partial charge in [-0.3, -0.25) is 14.6 Å². The van der Waals surface area contributed by atoms with Crippen molar-refractivity contribution in [3.63, 3.8) is 0 Å². The first-order valence-corrected chi connectivity index (χ1v) is 8.71. The Morgan fingerprint density at radius 3 is 2.52 bits per heavy atom. The molecule has 0 spiro atoms. The number of hydrogen-bond acceptors (Lipinski definition) is 3. The molecule has 1 unspecified atom stereocenters. The van der Waals surface area contributed by atoms with Gasteiger partial charge in [0.25, 0.3) is 0 Å². The number of hydrogen-bond donors (Lipinski definition) is 2. The van der Waals surface area contributed by atoms with Crippen molar-refractivity contribution >= 4 is 5.96 Å². The summed E-state index contributed by atoms with van der Waals surface area (Å²) in [7, 11) is 1.82. The number of rotatable bonds is 9. The van der Waals surface area contributed by atoms with Crippen molar-refractivity contribution in [2.24, 2.45) is 4.99 Å². The number of aromatic nitrogens is 2. The molecule has 0 saturated carbocycles. The van der Waals surface area contributed by atoms with E-state index in [1.165, 1.54) is 5.69 Å². The molecule has 1 atom stereocenters. The fraction of sp³-hybridized carbons (Fsp3) is 0.765. The van der Waals surface area contributed by atoms with Crippen molar-refractivity contribution in [3.8, 4) is 0 Å². The van der Waals surface area contributed by atoms with Crippen LogP contribution in [0, 0.1) is 13.8 Å². The molecule has 23 heavy (non-hydrogen) atoms. The topological polar surface area (TPSA) is 57.5 Å². The van der Waals surface area contributed by atoms with Crippen molar-refractivity contribution < 1.29 is 0 Å². The Labute approximate surface area is 141 Å². The molecule has 0 fully saturated rings. The van der Waals surface area contributed by atoms with Gasteiger partial charge in [0.1, 0.15) is 0 Å². The Balaban J connectivity index is 2.28. The monoisotopic (exact) mass is 322 g/mol. The van der Waals surface area contributed by atoms with Crippen molar-refractivity contribution in [1.29, 1.82) is 0 Å². The fourth-order valence-electron chi connectivity index (χ4n) is 2.78. The minimum absolute atomic E-state index is 0.498. The highest BCUT2D eigenvalue weighted by Crippen LogP contribution is 2.02. The molecule has 1 heterocycles. The van der Waals surface area contributed by atoms with Gasteiger partial charge < -0.3 is 10.6 Å². The third-order valence-corrected chi connectivity index (χ3v) is 4.17. The molecular formula is C17H34N6. The predicted octanol–water partition coefficient (Wildman–Crippen LogP) is 1.79. The minimum atomic E-state index is 0.498. The highest BCUT2D eigenvalue weighted by Gasteiger charge is 2.10. The minimum Gasteiger partial charge on any atom is -0.356 e. The third-order valence-electron chi connectivity index (χ3n) is 4.17. The molecule has 1 rings (SSSR count). The van der Waals surface area contributed by atoms with Crippen molar-refractivity contribution in [1.82, 2.24) is 25.3 Å². The Hall–Kier alpha value is -1.56. The van der Waals surface area contributed by atoms with Crippen LogP contribution in [0.4, 0.5) is 0 Å². The normalized spacial score (nSPS) is 13.4. The quantitative estimate of drug-likeness (QED) is 0.413. The van der Waals surface area contributed by atoms with E-state index >= 15 is 0 Å². The van der Waals surface area contributed by atoms with Crippen molar-refractivity contribution in [3.05, 3.63) is 17.5 Å². The molecular weight excluding hydrogens is 288 g/mol. The average Bonchev–Trinajstić information content (AvgIpc) is 2.85. The molecule has 1 aromatic rings. The summed E-state index contributed by atoms with van der Waals surface area (Å²) in [6.45, 7) is 15.7. The maximum atomic E-state index is 4.48. The van der Waals surface area contributed by atoms with Crippen LogP contribution in [0.2, 0.25) is 0 Å². The van der Waals surface area contributed by atoms with E-state index in [-0.39, 0.29) is 0 Å². The maximum absolute atomic E-state index is 4.48. The summed E-state index contributed by atoms with van der Waals surface area (Å²) in [6.07, 6.45) is 1.02. The van der Waals surface area contributed by atoms with Crippen LogP contribution < -0.4 is 10.6 Å². The van der Waals surface area contributed by atoms with Crippen LogP contribution in [0.1, 0.15) is 38.6 Å². The lowest BCUT2D eigenvalue weighted by Crippen LogP contribution is -2.46. The molecule has 132 valence electrons.